The van der Waals surface area contributed by atoms with Crippen LogP contribution in [-0.4, -0.2) is 63.9 Å². The van der Waals surface area contributed by atoms with Gasteiger partial charge in [-0.05, 0) is 54.1 Å². The van der Waals surface area contributed by atoms with Gasteiger partial charge in [-0.15, -0.1) is 12.1 Å². The van der Waals surface area contributed by atoms with E-state index < -0.39 is 48.7 Å². The fourth-order valence-electron chi connectivity index (χ4n) is 5.91. The number of hydrogen-bond donors (Lipinski definition) is 0. The fraction of sp³-hybridized carbons (Fsp3) is 0.189. The van der Waals surface area contributed by atoms with Crippen LogP contribution in [0.2, 0.25) is 0 Å². The van der Waals surface area contributed by atoms with Crippen LogP contribution >= 0.6 is 0 Å². The van der Waals surface area contributed by atoms with Gasteiger partial charge in [-0.25, -0.2) is 16.8 Å². The van der Waals surface area contributed by atoms with Gasteiger partial charge in [0.2, 0.25) is 9.84 Å². The zero-order valence-electron chi connectivity index (χ0n) is 28.3. The molecule has 0 N–H and O–H groups in total. The molecule has 4 aromatic rings. The number of sulfone groups is 2. The first-order valence-electron chi connectivity index (χ1n) is 14.9. The third kappa shape index (κ3) is 6.38. The number of rotatable bonds is 8. The average molecular weight is 788 g/mol. The number of imide groups is 2. The predicted molar refractivity (Wildman–Crippen MR) is 182 cm³/mol. The third-order valence-corrected chi connectivity index (χ3v) is 12.3. The van der Waals surface area contributed by atoms with Crippen molar-refractivity contribution >= 4 is 43.3 Å². The van der Waals surface area contributed by atoms with Crippen LogP contribution in [0.15, 0.2) is 105 Å². The Kier molecular flexibility index (Phi) is 10.6. The monoisotopic (exact) mass is 787 g/mol. The summed E-state index contributed by atoms with van der Waals surface area (Å²) in [6.45, 7) is 7.25. The van der Waals surface area contributed by atoms with Crippen LogP contribution in [0, 0.1) is 13.3 Å². The van der Waals surface area contributed by atoms with Gasteiger partial charge < -0.3 is 7.43 Å². The molecule has 0 fully saturated rings. The molecular weight excluding hydrogens is 753 g/mol. The first-order chi connectivity index (χ1) is 22.4. The van der Waals surface area contributed by atoms with E-state index in [1.807, 2.05) is 19.9 Å². The van der Waals surface area contributed by atoms with Crippen LogP contribution < -0.4 is 0 Å². The smallest absolute Gasteiger partial charge is 0.261 e. The van der Waals surface area contributed by atoms with Gasteiger partial charge in [0.25, 0.3) is 23.6 Å². The van der Waals surface area contributed by atoms with E-state index in [9.17, 15) is 36.0 Å². The first kappa shape index (κ1) is 38.8. The Morgan fingerprint density at radius 2 is 1.04 bits per heavy atom. The molecule has 6 rings (SSSR count). The largest absolute Gasteiger partial charge is 0.358 e. The first-order valence-corrected chi connectivity index (χ1v) is 17.9. The number of carbonyl (C=O) groups is 4. The van der Waals surface area contributed by atoms with E-state index in [-0.39, 0.29) is 88.5 Å². The minimum Gasteiger partial charge on any atom is -0.358 e. The summed E-state index contributed by atoms with van der Waals surface area (Å²) in [4.78, 5) is 53.5. The topological polar surface area (TPSA) is 143 Å². The van der Waals surface area contributed by atoms with Crippen molar-refractivity contribution in [3.63, 3.8) is 0 Å². The van der Waals surface area contributed by atoms with Crippen LogP contribution in [0.1, 0.15) is 80.3 Å². The maximum Gasteiger partial charge on any atom is 0.261 e. The molecule has 0 saturated heterocycles. The molecule has 257 valence electrons. The summed E-state index contributed by atoms with van der Waals surface area (Å²) in [5.74, 6) is -1.49. The summed E-state index contributed by atoms with van der Waals surface area (Å²) >= 11 is 0. The molecule has 1 radical (unpaired) electrons. The molecule has 0 unspecified atom stereocenters. The van der Waals surface area contributed by atoms with Gasteiger partial charge in [0.1, 0.15) is 0 Å². The average Bonchev–Trinajstić information content (AvgIpc) is 3.43. The van der Waals surface area contributed by atoms with Crippen molar-refractivity contribution in [1.82, 2.24) is 9.80 Å². The second-order valence-corrected chi connectivity index (χ2v) is 16.6. The van der Waals surface area contributed by atoms with Gasteiger partial charge in [-0.2, -0.15) is 17.5 Å². The normalized spacial score (nSPS) is 14.3. The van der Waals surface area contributed by atoms with Gasteiger partial charge in [-0.1, -0.05) is 45.9 Å². The van der Waals surface area contributed by atoms with E-state index in [0.29, 0.717) is 5.56 Å². The molecule has 0 aromatic heterocycles. The third-order valence-electron chi connectivity index (χ3n) is 8.82. The molecule has 2 heterocycles. The van der Waals surface area contributed by atoms with Crippen LogP contribution in [0.5, 0.6) is 0 Å². The van der Waals surface area contributed by atoms with E-state index in [4.69, 9.17) is 0 Å². The standard InChI is InChI=1S/C36H31N2O8S2.CH3.Y/c1-21(2)22-8-6-10-24(16-22)47(43,44)25-11-7-9-23(17-25)36(3,4)20-38-34(41)29-15-13-27(19-31(29)35(38)42)48(45,46)26-12-14-28-30(18-26)33(40)37(5)32(28)39;;/h6-19H,20H2,1-5H3;1H3;/q2*-1;. The van der Waals surface area contributed by atoms with Crippen molar-refractivity contribution in [2.24, 2.45) is 0 Å². The van der Waals surface area contributed by atoms with Gasteiger partial charge in [-0.3, -0.25) is 29.0 Å². The molecule has 4 aromatic carbocycles. The maximum absolute atomic E-state index is 13.6. The quantitative estimate of drug-likeness (QED) is 0.167. The predicted octanol–water partition coefficient (Wildman–Crippen LogP) is 5.56. The van der Waals surface area contributed by atoms with Gasteiger partial charge >= 0.3 is 0 Å². The second-order valence-electron chi connectivity index (χ2n) is 12.7. The second kappa shape index (κ2) is 13.6. The van der Waals surface area contributed by atoms with Crippen molar-refractivity contribution < 1.29 is 68.7 Å². The Morgan fingerprint density at radius 1 is 0.600 bits per heavy atom. The van der Waals surface area contributed by atoms with Crippen molar-refractivity contribution in [2.75, 3.05) is 13.6 Å². The van der Waals surface area contributed by atoms with Crippen LogP contribution in [0.4, 0.5) is 0 Å². The molecule has 50 heavy (non-hydrogen) atoms. The van der Waals surface area contributed by atoms with Gasteiger partial charge in [0, 0.05) is 56.6 Å². The zero-order valence-corrected chi connectivity index (χ0v) is 32.8. The van der Waals surface area contributed by atoms with Gasteiger partial charge in [0.05, 0.1) is 36.9 Å². The Hall–Kier alpha value is -3.97. The molecule has 0 atom stereocenters. The fourth-order valence-corrected chi connectivity index (χ4v) is 8.57. The Morgan fingerprint density at radius 3 is 1.60 bits per heavy atom. The molecule has 13 heteroatoms. The summed E-state index contributed by atoms with van der Waals surface area (Å²) in [7, 11) is -6.82. The molecule has 0 bridgehead atoms. The molecule has 10 nitrogen and oxygen atoms in total. The van der Waals surface area contributed by atoms with Crippen LogP contribution in [-0.2, 0) is 57.8 Å². The SMILES string of the molecule is C[C-](C)c1cccc(S(=O)(=O)c2cccc(C(C)(C)CN3C(=O)c4ccc(S(=O)(=O)c5ccc6c(c5)C(=O)N(C)C6=O)cc4C3=O)c2)c1.[CH3-].[Y]. The number of hydrogen-bond acceptors (Lipinski definition) is 8. The number of carbonyl (C=O) groups excluding carboxylic acids is 4. The van der Waals surface area contributed by atoms with Crippen molar-refractivity contribution in [3.8, 4) is 0 Å². The minimum atomic E-state index is -4.25. The summed E-state index contributed by atoms with van der Waals surface area (Å²) in [6, 6.07) is 20.4. The number of amides is 4. The number of fused-ring (bicyclic) bond motifs is 2. The van der Waals surface area contributed by atoms with E-state index >= 15 is 0 Å². The van der Waals surface area contributed by atoms with Gasteiger partial charge in [0.15, 0.2) is 9.84 Å². The van der Waals surface area contributed by atoms with Crippen LogP contribution in [0.3, 0.4) is 0 Å². The Bertz CT molecular complexity index is 2320. The van der Waals surface area contributed by atoms with E-state index in [2.05, 4.69) is 0 Å². The zero-order chi connectivity index (χ0) is 34.9. The molecular formula is C37H34N2O8S2Y-2. The number of benzene rings is 4. The summed E-state index contributed by atoms with van der Waals surface area (Å²) in [5, 5.41) is 0. The summed E-state index contributed by atoms with van der Waals surface area (Å²) in [6.07, 6.45) is 0. The summed E-state index contributed by atoms with van der Waals surface area (Å²) < 4.78 is 54.3. The van der Waals surface area contributed by atoms with Crippen LogP contribution in [0.25, 0.3) is 0 Å². The van der Waals surface area contributed by atoms with Crippen molar-refractivity contribution in [2.45, 2.75) is 52.7 Å². The van der Waals surface area contributed by atoms with E-state index in [0.717, 1.165) is 33.4 Å². The minimum absolute atomic E-state index is 0. The Balaban J connectivity index is 0.00000281. The van der Waals surface area contributed by atoms with E-state index in [1.165, 1.54) is 43.4 Å². The summed E-state index contributed by atoms with van der Waals surface area (Å²) in [5.41, 5.74) is 0.481. The molecule has 2 aliphatic heterocycles. The molecule has 4 amide bonds. The molecule has 0 aliphatic carbocycles. The number of nitrogens with zero attached hydrogens (tertiary/aromatic N) is 2. The maximum atomic E-state index is 13.6. The molecule has 0 spiro atoms. The van der Waals surface area contributed by atoms with E-state index in [1.54, 1.807) is 44.2 Å². The molecule has 2 aliphatic rings. The molecule has 0 saturated carbocycles. The van der Waals surface area contributed by atoms with Crippen molar-refractivity contribution in [1.29, 1.82) is 0 Å². The van der Waals surface area contributed by atoms with Crippen molar-refractivity contribution in [3.05, 3.63) is 132 Å². The Labute approximate surface area is 317 Å².